The molecule has 6 heteroatoms. The third-order valence-electron chi connectivity index (χ3n) is 3.52. The Morgan fingerprint density at radius 3 is 2.83 bits per heavy atom. The Balaban J connectivity index is 1.74. The first kappa shape index (κ1) is 15.9. The number of hydrogen-bond donors (Lipinski definition) is 2. The van der Waals surface area contributed by atoms with Crippen LogP contribution in [0.1, 0.15) is 22.0 Å². The Morgan fingerprint density at radius 2 is 2.04 bits per heavy atom. The van der Waals surface area contributed by atoms with Gasteiger partial charge in [0, 0.05) is 16.8 Å². The fourth-order valence-corrected chi connectivity index (χ4v) is 3.62. The summed E-state index contributed by atoms with van der Waals surface area (Å²) in [5, 5.41) is 15.7. The zero-order chi connectivity index (χ0) is 16.4. The van der Waals surface area contributed by atoms with E-state index in [1.54, 1.807) is 0 Å². The summed E-state index contributed by atoms with van der Waals surface area (Å²) in [6.07, 6.45) is -0.874. The first-order chi connectivity index (χ1) is 11.1. The molecule has 0 aliphatic carbocycles. The van der Waals surface area contributed by atoms with Gasteiger partial charge in [-0.05, 0) is 29.0 Å². The normalized spacial score (nSPS) is 12.3. The van der Waals surface area contributed by atoms with Crippen molar-refractivity contribution in [3.63, 3.8) is 0 Å². The van der Waals surface area contributed by atoms with Crippen LogP contribution in [0.2, 0.25) is 5.02 Å². The number of hydrogen-bond acceptors (Lipinski definition) is 3. The second-order valence-electron chi connectivity index (χ2n) is 5.01. The Kier molecular flexibility index (Phi) is 4.61. The molecule has 3 nitrogen and oxygen atoms in total. The molecule has 0 saturated heterocycles. The van der Waals surface area contributed by atoms with Crippen molar-refractivity contribution < 1.29 is 14.3 Å². The molecule has 0 unspecified atom stereocenters. The highest BCUT2D eigenvalue weighted by atomic mass is 35.5. The van der Waals surface area contributed by atoms with Crippen molar-refractivity contribution in [1.29, 1.82) is 0 Å². The van der Waals surface area contributed by atoms with Gasteiger partial charge in [0.2, 0.25) is 0 Å². The molecular formula is C17H13ClFNO2S. The van der Waals surface area contributed by atoms with Crippen LogP contribution in [-0.2, 0) is 0 Å². The number of halogens is 2. The van der Waals surface area contributed by atoms with Crippen molar-refractivity contribution in [1.82, 2.24) is 5.32 Å². The number of carbonyl (C=O) groups is 1. The quantitative estimate of drug-likeness (QED) is 0.743. The van der Waals surface area contributed by atoms with Crippen LogP contribution < -0.4 is 5.32 Å². The number of fused-ring (bicyclic) bond motifs is 1. The van der Waals surface area contributed by atoms with Crippen LogP contribution in [0.5, 0.6) is 0 Å². The summed E-state index contributed by atoms with van der Waals surface area (Å²) in [5.74, 6) is -1.34. The Labute approximate surface area is 141 Å². The molecule has 0 fully saturated rings. The predicted octanol–water partition coefficient (Wildman–Crippen LogP) is 4.16. The zero-order valence-electron chi connectivity index (χ0n) is 11.9. The van der Waals surface area contributed by atoms with Crippen molar-refractivity contribution >= 4 is 38.9 Å². The molecule has 118 valence electrons. The highest BCUT2D eigenvalue weighted by Crippen LogP contribution is 2.30. The van der Waals surface area contributed by atoms with E-state index in [4.69, 9.17) is 11.6 Å². The lowest BCUT2D eigenvalue weighted by Gasteiger charge is -2.12. The fraction of sp³-hybridized carbons (Fsp3) is 0.118. The minimum atomic E-state index is -0.874. The first-order valence-electron chi connectivity index (χ1n) is 6.94. The molecule has 1 aromatic heterocycles. The minimum Gasteiger partial charge on any atom is -0.387 e. The van der Waals surface area contributed by atoms with E-state index in [0.29, 0.717) is 0 Å². The summed E-state index contributed by atoms with van der Waals surface area (Å²) in [6.45, 7) is -0.0236. The average Bonchev–Trinajstić information content (AvgIpc) is 2.96. The molecule has 1 heterocycles. The van der Waals surface area contributed by atoms with Crippen LogP contribution in [0.15, 0.2) is 47.8 Å². The Hall–Kier alpha value is -1.95. The monoisotopic (exact) mass is 349 g/mol. The topological polar surface area (TPSA) is 49.3 Å². The van der Waals surface area contributed by atoms with Crippen LogP contribution in [0.4, 0.5) is 4.39 Å². The Morgan fingerprint density at radius 1 is 1.26 bits per heavy atom. The SMILES string of the molecule is O=C(NC[C@@H](O)c1csc2ccccc12)c1c(F)cccc1Cl. The lowest BCUT2D eigenvalue weighted by atomic mass is 10.1. The second kappa shape index (κ2) is 6.66. The molecule has 0 bridgehead atoms. The first-order valence-corrected chi connectivity index (χ1v) is 8.20. The predicted molar refractivity (Wildman–Crippen MR) is 90.5 cm³/mol. The number of benzene rings is 2. The van der Waals surface area contributed by atoms with E-state index in [0.717, 1.165) is 15.6 Å². The van der Waals surface area contributed by atoms with Crippen molar-refractivity contribution in [3.05, 3.63) is 69.8 Å². The van der Waals surface area contributed by atoms with Crippen LogP contribution >= 0.6 is 22.9 Å². The highest BCUT2D eigenvalue weighted by molar-refractivity contribution is 7.17. The number of amides is 1. The molecular weight excluding hydrogens is 337 g/mol. The number of nitrogens with one attached hydrogen (secondary N) is 1. The second-order valence-corrected chi connectivity index (χ2v) is 6.33. The molecule has 0 aliphatic rings. The average molecular weight is 350 g/mol. The van der Waals surface area contributed by atoms with Crippen molar-refractivity contribution in [2.45, 2.75) is 6.10 Å². The van der Waals surface area contributed by atoms with Gasteiger partial charge < -0.3 is 10.4 Å². The molecule has 0 radical (unpaired) electrons. The third kappa shape index (κ3) is 3.22. The molecule has 0 saturated carbocycles. The van der Waals surface area contributed by atoms with E-state index < -0.39 is 17.8 Å². The number of thiophene rings is 1. The number of aliphatic hydroxyl groups excluding tert-OH is 1. The molecule has 1 amide bonds. The smallest absolute Gasteiger partial charge is 0.255 e. The fourth-order valence-electron chi connectivity index (χ4n) is 2.36. The lowest BCUT2D eigenvalue weighted by molar-refractivity contribution is 0.0913. The lowest BCUT2D eigenvalue weighted by Crippen LogP contribution is -2.29. The molecule has 3 aromatic rings. The third-order valence-corrected chi connectivity index (χ3v) is 4.81. The molecule has 0 aliphatic heterocycles. The summed E-state index contributed by atoms with van der Waals surface area (Å²) in [5.41, 5.74) is 0.530. The van der Waals surface area contributed by atoms with E-state index in [2.05, 4.69) is 5.32 Å². The number of carbonyl (C=O) groups excluding carboxylic acids is 1. The van der Waals surface area contributed by atoms with Gasteiger partial charge in [-0.1, -0.05) is 35.9 Å². The molecule has 3 rings (SSSR count). The van der Waals surface area contributed by atoms with Gasteiger partial charge in [0.15, 0.2) is 0 Å². The summed E-state index contributed by atoms with van der Waals surface area (Å²) < 4.78 is 14.8. The zero-order valence-corrected chi connectivity index (χ0v) is 13.5. The largest absolute Gasteiger partial charge is 0.387 e. The van der Waals surface area contributed by atoms with Gasteiger partial charge in [-0.25, -0.2) is 4.39 Å². The van der Waals surface area contributed by atoms with Gasteiger partial charge in [-0.15, -0.1) is 11.3 Å². The van der Waals surface area contributed by atoms with Gasteiger partial charge in [-0.3, -0.25) is 4.79 Å². The van der Waals surface area contributed by atoms with Crippen molar-refractivity contribution in [2.24, 2.45) is 0 Å². The van der Waals surface area contributed by atoms with Crippen molar-refractivity contribution in [3.8, 4) is 0 Å². The molecule has 1 atom stereocenters. The maximum Gasteiger partial charge on any atom is 0.255 e. The maximum absolute atomic E-state index is 13.7. The summed E-state index contributed by atoms with van der Waals surface area (Å²) in [4.78, 5) is 12.1. The van der Waals surface area contributed by atoms with Gasteiger partial charge in [0.25, 0.3) is 5.91 Å². The van der Waals surface area contributed by atoms with E-state index >= 15 is 0 Å². The summed E-state index contributed by atoms with van der Waals surface area (Å²) in [6, 6.07) is 11.8. The highest BCUT2D eigenvalue weighted by Gasteiger charge is 2.18. The van der Waals surface area contributed by atoms with E-state index in [1.807, 2.05) is 29.6 Å². The molecule has 0 spiro atoms. The Bertz CT molecular complexity index is 844. The number of aliphatic hydroxyl groups is 1. The molecule has 2 N–H and O–H groups in total. The van der Waals surface area contributed by atoms with Gasteiger partial charge in [0.05, 0.1) is 16.7 Å². The van der Waals surface area contributed by atoms with Gasteiger partial charge in [-0.2, -0.15) is 0 Å². The van der Waals surface area contributed by atoms with E-state index in [1.165, 1.54) is 29.5 Å². The van der Waals surface area contributed by atoms with Crippen LogP contribution in [0.3, 0.4) is 0 Å². The van der Waals surface area contributed by atoms with Crippen LogP contribution in [-0.4, -0.2) is 17.6 Å². The van der Waals surface area contributed by atoms with Crippen LogP contribution in [0, 0.1) is 5.82 Å². The minimum absolute atomic E-state index is 0.0236. The summed E-state index contributed by atoms with van der Waals surface area (Å²) in [7, 11) is 0. The van der Waals surface area contributed by atoms with E-state index in [-0.39, 0.29) is 17.1 Å². The van der Waals surface area contributed by atoms with Crippen LogP contribution in [0.25, 0.3) is 10.1 Å². The standard InChI is InChI=1S/C17H13ClFNO2S/c18-12-5-3-6-13(19)16(12)17(22)20-8-14(21)11-9-23-15-7-2-1-4-10(11)15/h1-7,9,14,21H,8H2,(H,20,22)/t14-/m1/s1. The molecule has 2 aromatic carbocycles. The van der Waals surface area contributed by atoms with Gasteiger partial charge in [0.1, 0.15) is 5.82 Å². The van der Waals surface area contributed by atoms with Gasteiger partial charge >= 0.3 is 0 Å². The summed E-state index contributed by atoms with van der Waals surface area (Å²) >= 11 is 7.38. The number of rotatable bonds is 4. The maximum atomic E-state index is 13.7. The van der Waals surface area contributed by atoms with Crippen molar-refractivity contribution in [2.75, 3.05) is 6.54 Å². The van der Waals surface area contributed by atoms with E-state index in [9.17, 15) is 14.3 Å². The molecule has 23 heavy (non-hydrogen) atoms.